The van der Waals surface area contributed by atoms with E-state index in [-0.39, 0.29) is 5.91 Å². The van der Waals surface area contributed by atoms with E-state index in [9.17, 15) is 4.79 Å². The molecule has 1 N–H and O–H groups in total. The molecule has 0 aliphatic rings. The van der Waals surface area contributed by atoms with Crippen LogP contribution in [0.3, 0.4) is 0 Å². The number of amides is 1. The summed E-state index contributed by atoms with van der Waals surface area (Å²) in [5.41, 5.74) is 2.66. The Morgan fingerprint density at radius 2 is 1.50 bits per heavy atom. The third kappa shape index (κ3) is 6.23. The molecular weight excluding hydrogens is 174 g/mol. The number of carbonyl (C=O) groups is 1. The summed E-state index contributed by atoms with van der Waals surface area (Å²) < 4.78 is 0. The maximum absolute atomic E-state index is 10.1. The van der Waals surface area contributed by atoms with Crippen LogP contribution in [0.5, 0.6) is 0 Å². The molecule has 0 aliphatic carbocycles. The highest BCUT2D eigenvalue weighted by atomic mass is 16.1. The Labute approximate surface area is 86.3 Å². The van der Waals surface area contributed by atoms with E-state index < -0.39 is 0 Å². The van der Waals surface area contributed by atoms with Gasteiger partial charge in [-0.25, -0.2) is 0 Å². The predicted octanol–water partition coefficient (Wildman–Crippen LogP) is 2.45. The Bertz CT molecular complexity index is 237. The zero-order valence-electron chi connectivity index (χ0n) is 9.42. The third-order valence-corrected chi connectivity index (χ3v) is 1.82. The van der Waals surface area contributed by atoms with Crippen LogP contribution in [0.25, 0.3) is 0 Å². The molecule has 1 amide bonds. The molecule has 1 aromatic rings. The van der Waals surface area contributed by atoms with Gasteiger partial charge in [0.05, 0.1) is 0 Å². The molecule has 2 nitrogen and oxygen atoms in total. The van der Waals surface area contributed by atoms with Crippen LogP contribution in [0.15, 0.2) is 24.3 Å². The van der Waals surface area contributed by atoms with Gasteiger partial charge >= 0.3 is 0 Å². The molecule has 0 spiro atoms. The summed E-state index contributed by atoms with van der Waals surface area (Å²) >= 11 is 0. The monoisotopic (exact) mass is 193 g/mol. The normalized spacial score (nSPS) is 8.57. The SMILES string of the molecule is CCC(=O)NC.Cc1ccc(C)cc1. The van der Waals surface area contributed by atoms with E-state index in [2.05, 4.69) is 43.4 Å². The Balaban J connectivity index is 0.000000255. The summed E-state index contributed by atoms with van der Waals surface area (Å²) in [6.07, 6.45) is 0.580. The lowest BCUT2D eigenvalue weighted by atomic mass is 10.2. The van der Waals surface area contributed by atoms with Crippen LogP contribution in [0.2, 0.25) is 0 Å². The number of nitrogens with one attached hydrogen (secondary N) is 1. The number of hydrogen-bond donors (Lipinski definition) is 1. The Hall–Kier alpha value is -1.31. The molecule has 14 heavy (non-hydrogen) atoms. The fourth-order valence-corrected chi connectivity index (χ4v) is 0.814. The van der Waals surface area contributed by atoms with Crippen LogP contribution >= 0.6 is 0 Å². The predicted molar refractivity (Wildman–Crippen MR) is 60.3 cm³/mol. The number of hydrogen-bond acceptors (Lipinski definition) is 1. The highest BCUT2D eigenvalue weighted by Crippen LogP contribution is 1.99. The van der Waals surface area contributed by atoms with Crippen molar-refractivity contribution in [3.05, 3.63) is 35.4 Å². The fourth-order valence-electron chi connectivity index (χ4n) is 0.814. The average Bonchev–Trinajstić information content (AvgIpc) is 2.22. The molecule has 0 saturated heterocycles. The number of benzene rings is 1. The van der Waals surface area contributed by atoms with Crippen molar-refractivity contribution in [2.75, 3.05) is 7.05 Å². The second kappa shape index (κ2) is 7.13. The third-order valence-electron chi connectivity index (χ3n) is 1.82. The van der Waals surface area contributed by atoms with Gasteiger partial charge in [-0.1, -0.05) is 42.3 Å². The Kier molecular flexibility index (Phi) is 6.46. The first-order valence-electron chi connectivity index (χ1n) is 4.84. The molecule has 2 heteroatoms. The van der Waals surface area contributed by atoms with Gasteiger partial charge in [0.25, 0.3) is 0 Å². The van der Waals surface area contributed by atoms with Crippen LogP contribution in [-0.4, -0.2) is 13.0 Å². The van der Waals surface area contributed by atoms with Gasteiger partial charge in [0, 0.05) is 13.5 Å². The molecule has 1 rings (SSSR count). The molecule has 0 saturated carbocycles. The van der Waals surface area contributed by atoms with Crippen molar-refractivity contribution < 1.29 is 4.79 Å². The van der Waals surface area contributed by atoms with Gasteiger partial charge in [0.15, 0.2) is 0 Å². The standard InChI is InChI=1S/C8H10.C4H9NO/c1-7-3-5-8(2)6-4-7;1-3-4(6)5-2/h3-6H,1-2H3;3H2,1-2H3,(H,5,6). The molecule has 0 unspecified atom stereocenters. The largest absolute Gasteiger partial charge is 0.359 e. The highest BCUT2D eigenvalue weighted by molar-refractivity contribution is 5.74. The van der Waals surface area contributed by atoms with Crippen LogP contribution < -0.4 is 5.32 Å². The smallest absolute Gasteiger partial charge is 0.219 e. The van der Waals surface area contributed by atoms with E-state index in [4.69, 9.17) is 0 Å². The summed E-state index contributed by atoms with van der Waals surface area (Å²) in [7, 11) is 1.63. The zero-order valence-corrected chi connectivity index (χ0v) is 9.42. The topological polar surface area (TPSA) is 29.1 Å². The fraction of sp³-hybridized carbons (Fsp3) is 0.417. The first-order valence-corrected chi connectivity index (χ1v) is 4.84. The molecule has 0 atom stereocenters. The first-order chi connectivity index (χ1) is 6.60. The van der Waals surface area contributed by atoms with Crippen molar-refractivity contribution in [2.24, 2.45) is 0 Å². The minimum atomic E-state index is 0.0926. The second-order valence-corrected chi connectivity index (χ2v) is 3.18. The lowest BCUT2D eigenvalue weighted by Gasteiger charge is -1.90. The van der Waals surface area contributed by atoms with Gasteiger partial charge in [0.1, 0.15) is 0 Å². The quantitative estimate of drug-likeness (QED) is 0.729. The lowest BCUT2D eigenvalue weighted by Crippen LogP contribution is -2.15. The summed E-state index contributed by atoms with van der Waals surface area (Å²) in [4.78, 5) is 10.1. The van der Waals surface area contributed by atoms with E-state index in [1.165, 1.54) is 11.1 Å². The molecule has 0 radical (unpaired) electrons. The van der Waals surface area contributed by atoms with E-state index in [1.54, 1.807) is 7.05 Å². The van der Waals surface area contributed by atoms with Crippen molar-refractivity contribution in [3.8, 4) is 0 Å². The molecule has 0 bridgehead atoms. The average molecular weight is 193 g/mol. The van der Waals surface area contributed by atoms with Gasteiger partial charge in [-0.2, -0.15) is 0 Å². The van der Waals surface area contributed by atoms with Gasteiger partial charge in [-0.3, -0.25) is 4.79 Å². The molecule has 0 aromatic heterocycles. The van der Waals surface area contributed by atoms with E-state index in [1.807, 2.05) is 6.92 Å². The van der Waals surface area contributed by atoms with Crippen molar-refractivity contribution >= 4 is 5.91 Å². The molecule has 0 heterocycles. The molecule has 0 aliphatic heterocycles. The Morgan fingerprint density at radius 1 is 1.14 bits per heavy atom. The van der Waals surface area contributed by atoms with Crippen molar-refractivity contribution in [2.45, 2.75) is 27.2 Å². The van der Waals surface area contributed by atoms with E-state index in [0.29, 0.717) is 6.42 Å². The van der Waals surface area contributed by atoms with Crippen LogP contribution in [0.4, 0.5) is 0 Å². The lowest BCUT2D eigenvalue weighted by molar-refractivity contribution is -0.120. The molecule has 78 valence electrons. The van der Waals surface area contributed by atoms with Crippen molar-refractivity contribution in [3.63, 3.8) is 0 Å². The van der Waals surface area contributed by atoms with Crippen molar-refractivity contribution in [1.29, 1.82) is 0 Å². The molecule has 0 fully saturated rings. The van der Waals surface area contributed by atoms with Crippen molar-refractivity contribution in [1.82, 2.24) is 5.32 Å². The second-order valence-electron chi connectivity index (χ2n) is 3.18. The van der Waals surface area contributed by atoms with E-state index >= 15 is 0 Å². The Morgan fingerprint density at radius 3 is 1.64 bits per heavy atom. The maximum atomic E-state index is 10.1. The summed E-state index contributed by atoms with van der Waals surface area (Å²) in [6, 6.07) is 8.48. The first kappa shape index (κ1) is 12.7. The van der Waals surface area contributed by atoms with Crippen LogP contribution in [0, 0.1) is 13.8 Å². The zero-order chi connectivity index (χ0) is 11.0. The number of rotatable bonds is 1. The minimum absolute atomic E-state index is 0.0926. The van der Waals surface area contributed by atoms with E-state index in [0.717, 1.165) is 0 Å². The number of carbonyl (C=O) groups excluding carboxylic acids is 1. The van der Waals surface area contributed by atoms with Gasteiger partial charge in [-0.05, 0) is 13.8 Å². The number of aryl methyl sites for hydroxylation is 2. The maximum Gasteiger partial charge on any atom is 0.219 e. The van der Waals surface area contributed by atoms with Gasteiger partial charge in [-0.15, -0.1) is 0 Å². The van der Waals surface area contributed by atoms with Gasteiger partial charge < -0.3 is 5.32 Å². The summed E-state index contributed by atoms with van der Waals surface area (Å²) in [6.45, 7) is 6.01. The summed E-state index contributed by atoms with van der Waals surface area (Å²) in [5, 5.41) is 2.48. The van der Waals surface area contributed by atoms with Crippen LogP contribution in [0.1, 0.15) is 24.5 Å². The minimum Gasteiger partial charge on any atom is -0.359 e. The van der Waals surface area contributed by atoms with Crippen LogP contribution in [-0.2, 0) is 4.79 Å². The molecular formula is C12H19NO. The van der Waals surface area contributed by atoms with Gasteiger partial charge in [0.2, 0.25) is 5.91 Å². The summed E-state index contributed by atoms with van der Waals surface area (Å²) in [5.74, 6) is 0.0926. The molecule has 1 aromatic carbocycles. The highest BCUT2D eigenvalue weighted by Gasteiger charge is 1.84.